The number of rotatable bonds is 6. The minimum absolute atomic E-state index is 0.108. The predicted molar refractivity (Wildman–Crippen MR) is 126 cm³/mol. The Balaban J connectivity index is 1.42. The molecule has 0 saturated carbocycles. The molecule has 4 rings (SSSR count). The summed E-state index contributed by atoms with van der Waals surface area (Å²) in [4.78, 5) is 17.1. The van der Waals surface area contributed by atoms with Gasteiger partial charge in [0.2, 0.25) is 0 Å². The van der Waals surface area contributed by atoms with Crippen molar-refractivity contribution in [2.24, 2.45) is 0 Å². The summed E-state index contributed by atoms with van der Waals surface area (Å²) in [5, 5.41) is 9.18. The Bertz CT molecular complexity index is 1150. The van der Waals surface area contributed by atoms with E-state index in [-0.39, 0.29) is 5.91 Å². The van der Waals surface area contributed by atoms with Gasteiger partial charge in [-0.15, -0.1) is 11.3 Å². The molecule has 0 aliphatic carbocycles. The van der Waals surface area contributed by atoms with Crippen LogP contribution in [0.3, 0.4) is 0 Å². The van der Waals surface area contributed by atoms with Crippen LogP contribution in [0, 0.1) is 6.92 Å². The van der Waals surface area contributed by atoms with E-state index in [1.54, 1.807) is 11.3 Å². The van der Waals surface area contributed by atoms with Crippen LogP contribution >= 0.6 is 11.3 Å². The summed E-state index contributed by atoms with van der Waals surface area (Å²) in [7, 11) is 0. The Hall–Kier alpha value is -3.44. The fraction of sp³-hybridized carbons (Fsp3) is 0.120. The third-order valence-corrected chi connectivity index (χ3v) is 5.59. The molecular formula is C25H23N3OS. The SMILES string of the molecule is CCc1ccc(C(=O)Nc2ccc(-c3csc(Nc4cccc(C)c4)n3)cc2)cc1. The first-order valence-corrected chi connectivity index (χ1v) is 10.8. The molecule has 0 fully saturated rings. The maximum absolute atomic E-state index is 12.4. The van der Waals surface area contributed by atoms with Crippen molar-refractivity contribution < 1.29 is 4.79 Å². The molecule has 0 atom stereocenters. The summed E-state index contributed by atoms with van der Waals surface area (Å²) in [5.74, 6) is -0.108. The van der Waals surface area contributed by atoms with Crippen molar-refractivity contribution in [1.29, 1.82) is 0 Å². The third-order valence-electron chi connectivity index (χ3n) is 4.84. The van der Waals surface area contributed by atoms with E-state index in [4.69, 9.17) is 0 Å². The van der Waals surface area contributed by atoms with Crippen LogP contribution in [0.2, 0.25) is 0 Å². The summed E-state index contributed by atoms with van der Waals surface area (Å²) in [6.45, 7) is 4.17. The van der Waals surface area contributed by atoms with E-state index >= 15 is 0 Å². The molecule has 0 aliphatic rings. The van der Waals surface area contributed by atoms with E-state index in [0.29, 0.717) is 5.56 Å². The number of nitrogens with one attached hydrogen (secondary N) is 2. The van der Waals surface area contributed by atoms with Crippen LogP contribution in [0.5, 0.6) is 0 Å². The number of nitrogens with zero attached hydrogens (tertiary/aromatic N) is 1. The van der Waals surface area contributed by atoms with Gasteiger partial charge in [0.05, 0.1) is 5.69 Å². The highest BCUT2D eigenvalue weighted by atomic mass is 32.1. The maximum atomic E-state index is 12.4. The Morgan fingerprint density at radius 2 is 1.73 bits per heavy atom. The van der Waals surface area contributed by atoms with Crippen molar-refractivity contribution >= 4 is 33.8 Å². The summed E-state index contributed by atoms with van der Waals surface area (Å²) in [6, 6.07) is 23.7. The zero-order valence-corrected chi connectivity index (χ0v) is 17.8. The molecule has 0 aliphatic heterocycles. The van der Waals surface area contributed by atoms with Gasteiger partial charge in [-0.2, -0.15) is 0 Å². The van der Waals surface area contributed by atoms with Gasteiger partial charge < -0.3 is 10.6 Å². The first-order chi connectivity index (χ1) is 14.6. The summed E-state index contributed by atoms with van der Waals surface area (Å²) in [6.07, 6.45) is 0.961. The van der Waals surface area contributed by atoms with Crippen molar-refractivity contribution in [1.82, 2.24) is 4.98 Å². The van der Waals surface area contributed by atoms with E-state index < -0.39 is 0 Å². The van der Waals surface area contributed by atoms with Crippen LogP contribution in [-0.2, 0) is 6.42 Å². The van der Waals surface area contributed by atoms with Gasteiger partial charge in [0.25, 0.3) is 5.91 Å². The number of thiazole rings is 1. The molecular weight excluding hydrogens is 390 g/mol. The molecule has 1 aromatic heterocycles. The lowest BCUT2D eigenvalue weighted by atomic mass is 10.1. The lowest BCUT2D eigenvalue weighted by Crippen LogP contribution is -2.11. The smallest absolute Gasteiger partial charge is 0.255 e. The first-order valence-electron chi connectivity index (χ1n) is 9.90. The number of hydrogen-bond donors (Lipinski definition) is 2. The van der Waals surface area contributed by atoms with Crippen molar-refractivity contribution in [3.8, 4) is 11.3 Å². The summed E-state index contributed by atoms with van der Waals surface area (Å²) < 4.78 is 0. The zero-order chi connectivity index (χ0) is 20.9. The molecule has 0 spiro atoms. The van der Waals surface area contributed by atoms with Crippen molar-refractivity contribution in [3.05, 3.63) is 94.9 Å². The maximum Gasteiger partial charge on any atom is 0.255 e. The average molecular weight is 414 g/mol. The second kappa shape index (κ2) is 8.93. The summed E-state index contributed by atoms with van der Waals surface area (Å²) >= 11 is 1.57. The molecule has 2 N–H and O–H groups in total. The number of aryl methyl sites for hydroxylation is 2. The van der Waals surface area contributed by atoms with Crippen LogP contribution in [-0.4, -0.2) is 10.9 Å². The molecule has 4 aromatic rings. The number of amides is 1. The molecule has 1 heterocycles. The monoisotopic (exact) mass is 413 g/mol. The Morgan fingerprint density at radius 1 is 0.967 bits per heavy atom. The summed E-state index contributed by atoms with van der Waals surface area (Å²) in [5.41, 5.74) is 6.78. The lowest BCUT2D eigenvalue weighted by molar-refractivity contribution is 0.102. The second-order valence-electron chi connectivity index (χ2n) is 7.11. The molecule has 0 saturated heterocycles. The van der Waals surface area contributed by atoms with Crippen molar-refractivity contribution in [2.45, 2.75) is 20.3 Å². The number of aromatic nitrogens is 1. The van der Waals surface area contributed by atoms with Crippen LogP contribution in [0.4, 0.5) is 16.5 Å². The van der Waals surface area contributed by atoms with Crippen molar-refractivity contribution in [2.75, 3.05) is 10.6 Å². The van der Waals surface area contributed by atoms with E-state index in [2.05, 4.69) is 41.6 Å². The predicted octanol–water partition coefficient (Wildman–Crippen LogP) is 6.68. The molecule has 0 radical (unpaired) electrons. The molecule has 4 nitrogen and oxygen atoms in total. The van der Waals surface area contributed by atoms with E-state index in [0.717, 1.165) is 34.2 Å². The number of anilines is 3. The Kier molecular flexibility index (Phi) is 5.91. The number of benzene rings is 3. The van der Waals surface area contributed by atoms with E-state index in [9.17, 15) is 4.79 Å². The van der Waals surface area contributed by atoms with Gasteiger partial charge in [-0.05, 0) is 60.9 Å². The van der Waals surface area contributed by atoms with Crippen LogP contribution < -0.4 is 10.6 Å². The Labute approximate surface area is 180 Å². The molecule has 0 unspecified atom stereocenters. The van der Waals surface area contributed by atoms with Crippen LogP contribution in [0.25, 0.3) is 11.3 Å². The number of carbonyl (C=O) groups is 1. The van der Waals surface area contributed by atoms with Gasteiger partial charge in [0.1, 0.15) is 0 Å². The van der Waals surface area contributed by atoms with Crippen molar-refractivity contribution in [3.63, 3.8) is 0 Å². The van der Waals surface area contributed by atoms with Gasteiger partial charge in [0.15, 0.2) is 5.13 Å². The fourth-order valence-electron chi connectivity index (χ4n) is 3.13. The number of hydrogen-bond acceptors (Lipinski definition) is 4. The standard InChI is InChI=1S/C25H23N3OS/c1-3-18-7-9-20(10-8-18)24(29)26-21-13-11-19(12-14-21)23-16-30-25(28-23)27-22-6-4-5-17(2)15-22/h4-16H,3H2,1-2H3,(H,26,29)(H,27,28). The molecule has 1 amide bonds. The molecule has 5 heteroatoms. The average Bonchev–Trinajstić information content (AvgIpc) is 3.23. The minimum Gasteiger partial charge on any atom is -0.332 e. The van der Waals surface area contributed by atoms with Gasteiger partial charge >= 0.3 is 0 Å². The van der Waals surface area contributed by atoms with Crippen LogP contribution in [0.15, 0.2) is 78.2 Å². The molecule has 150 valence electrons. The highest BCUT2D eigenvalue weighted by molar-refractivity contribution is 7.14. The third kappa shape index (κ3) is 4.75. The quantitative estimate of drug-likeness (QED) is 0.371. The highest BCUT2D eigenvalue weighted by Gasteiger charge is 2.08. The first kappa shape index (κ1) is 19.9. The zero-order valence-electron chi connectivity index (χ0n) is 17.0. The molecule has 30 heavy (non-hydrogen) atoms. The molecule has 0 bridgehead atoms. The second-order valence-corrected chi connectivity index (χ2v) is 7.97. The fourth-order valence-corrected chi connectivity index (χ4v) is 3.87. The Morgan fingerprint density at radius 3 is 2.43 bits per heavy atom. The van der Waals surface area contributed by atoms with Gasteiger partial charge in [-0.1, -0.05) is 43.3 Å². The highest BCUT2D eigenvalue weighted by Crippen LogP contribution is 2.28. The molecule has 3 aromatic carbocycles. The topological polar surface area (TPSA) is 54.0 Å². The van der Waals surface area contributed by atoms with Crippen LogP contribution in [0.1, 0.15) is 28.4 Å². The van der Waals surface area contributed by atoms with Gasteiger partial charge in [0, 0.05) is 27.9 Å². The normalized spacial score (nSPS) is 10.6. The number of carbonyl (C=O) groups excluding carboxylic acids is 1. The minimum atomic E-state index is -0.108. The van der Waals surface area contributed by atoms with Gasteiger partial charge in [-0.25, -0.2) is 4.98 Å². The van der Waals surface area contributed by atoms with E-state index in [1.165, 1.54) is 11.1 Å². The lowest BCUT2D eigenvalue weighted by Gasteiger charge is -2.07. The van der Waals surface area contributed by atoms with Gasteiger partial charge in [-0.3, -0.25) is 4.79 Å². The largest absolute Gasteiger partial charge is 0.332 e. The van der Waals surface area contributed by atoms with E-state index in [1.807, 2.05) is 66.0 Å².